The molecule has 1 heterocycles. The van der Waals surface area contributed by atoms with E-state index in [1.54, 1.807) is 36.8 Å². The van der Waals surface area contributed by atoms with E-state index in [0.29, 0.717) is 17.2 Å². The van der Waals surface area contributed by atoms with E-state index in [-0.39, 0.29) is 0 Å². The van der Waals surface area contributed by atoms with Crippen LogP contribution in [0.15, 0.2) is 36.8 Å². The summed E-state index contributed by atoms with van der Waals surface area (Å²) in [6.45, 7) is 0. The lowest BCUT2D eigenvalue weighted by molar-refractivity contribution is 0.466. The molecule has 14 heavy (non-hydrogen) atoms. The number of nitrogens with zero attached hydrogens (tertiary/aromatic N) is 2. The van der Waals surface area contributed by atoms with Crippen molar-refractivity contribution in [1.82, 2.24) is 9.97 Å². The Balaban J connectivity index is 2.15. The normalized spacial score (nSPS) is 9.36. The molecule has 68 valence electrons. The molecule has 0 saturated heterocycles. The first kappa shape index (κ1) is 8.32. The van der Waals surface area contributed by atoms with E-state index in [1.807, 2.05) is 6.07 Å². The number of H-pyrrole nitrogens is 1. The molecule has 0 atom stereocenters. The summed E-state index contributed by atoms with van der Waals surface area (Å²) in [5.41, 5.74) is 0.613. The maximum absolute atomic E-state index is 8.58. The quantitative estimate of drug-likeness (QED) is 0.779. The first-order chi connectivity index (χ1) is 6.88. The van der Waals surface area contributed by atoms with Crippen LogP contribution in [0.1, 0.15) is 5.56 Å². The van der Waals surface area contributed by atoms with Crippen molar-refractivity contribution in [3.05, 3.63) is 42.4 Å². The van der Waals surface area contributed by atoms with Crippen LogP contribution in [0.4, 0.5) is 0 Å². The van der Waals surface area contributed by atoms with Crippen LogP contribution in [0.3, 0.4) is 0 Å². The predicted molar refractivity (Wildman–Crippen MR) is 49.8 cm³/mol. The third-order valence-corrected chi connectivity index (χ3v) is 1.68. The summed E-state index contributed by atoms with van der Waals surface area (Å²) in [5.74, 6) is 1.25. The molecule has 1 N–H and O–H groups in total. The molecule has 0 fully saturated rings. The second-order valence-electron chi connectivity index (χ2n) is 2.65. The first-order valence-electron chi connectivity index (χ1n) is 4.05. The maximum atomic E-state index is 8.58. The number of hydrogen-bond donors (Lipinski definition) is 1. The van der Waals surface area contributed by atoms with E-state index in [0.717, 1.165) is 0 Å². The highest BCUT2D eigenvalue weighted by Gasteiger charge is 1.97. The van der Waals surface area contributed by atoms with Gasteiger partial charge in [-0.1, -0.05) is 0 Å². The molecule has 2 aromatic rings. The van der Waals surface area contributed by atoms with E-state index >= 15 is 0 Å². The van der Waals surface area contributed by atoms with Gasteiger partial charge in [-0.15, -0.1) is 0 Å². The Morgan fingerprint density at radius 2 is 2.07 bits per heavy atom. The Bertz CT molecular complexity index is 439. The van der Waals surface area contributed by atoms with Gasteiger partial charge in [-0.05, 0) is 24.3 Å². The van der Waals surface area contributed by atoms with Crippen LogP contribution in [-0.2, 0) is 0 Å². The second-order valence-corrected chi connectivity index (χ2v) is 2.65. The lowest BCUT2D eigenvalue weighted by Crippen LogP contribution is -1.83. The van der Waals surface area contributed by atoms with Gasteiger partial charge in [0.05, 0.1) is 24.2 Å². The monoisotopic (exact) mass is 185 g/mol. The number of ether oxygens (including phenoxy) is 1. The van der Waals surface area contributed by atoms with Gasteiger partial charge >= 0.3 is 0 Å². The van der Waals surface area contributed by atoms with Crippen molar-refractivity contribution in [3.8, 4) is 17.7 Å². The molecule has 0 bridgehead atoms. The molecular formula is C10H7N3O. The van der Waals surface area contributed by atoms with Gasteiger partial charge in [-0.25, -0.2) is 4.98 Å². The Hall–Kier alpha value is -2.28. The van der Waals surface area contributed by atoms with Gasteiger partial charge in [0.25, 0.3) is 0 Å². The van der Waals surface area contributed by atoms with E-state index in [4.69, 9.17) is 10.00 Å². The van der Waals surface area contributed by atoms with Gasteiger partial charge in [-0.3, -0.25) is 0 Å². The topological polar surface area (TPSA) is 61.7 Å². The average Bonchev–Trinajstić information content (AvgIpc) is 2.72. The molecule has 0 aliphatic carbocycles. The zero-order valence-corrected chi connectivity index (χ0v) is 7.27. The highest BCUT2D eigenvalue weighted by molar-refractivity contribution is 5.35. The summed E-state index contributed by atoms with van der Waals surface area (Å²) in [6.07, 6.45) is 3.12. The van der Waals surface area contributed by atoms with Crippen LogP contribution >= 0.6 is 0 Å². The van der Waals surface area contributed by atoms with Crippen molar-refractivity contribution in [2.75, 3.05) is 0 Å². The van der Waals surface area contributed by atoms with Crippen LogP contribution in [0.5, 0.6) is 11.6 Å². The van der Waals surface area contributed by atoms with Gasteiger partial charge in [0.15, 0.2) is 0 Å². The number of aromatic amines is 1. The molecule has 0 aliphatic rings. The van der Waals surface area contributed by atoms with Crippen molar-refractivity contribution in [3.63, 3.8) is 0 Å². The van der Waals surface area contributed by atoms with Crippen molar-refractivity contribution in [2.24, 2.45) is 0 Å². The third kappa shape index (κ3) is 1.72. The first-order valence-corrected chi connectivity index (χ1v) is 4.05. The average molecular weight is 185 g/mol. The van der Waals surface area contributed by atoms with Crippen molar-refractivity contribution >= 4 is 0 Å². The standard InChI is InChI=1S/C10H7N3O/c11-5-8-1-3-9(4-2-8)14-10-6-12-7-13-10/h1-4,6-7H,(H,12,13). The molecule has 0 radical (unpaired) electrons. The van der Waals surface area contributed by atoms with Crippen LogP contribution < -0.4 is 4.74 Å². The summed E-state index contributed by atoms with van der Waals surface area (Å²) < 4.78 is 5.39. The zero-order chi connectivity index (χ0) is 9.80. The largest absolute Gasteiger partial charge is 0.439 e. The number of rotatable bonds is 2. The zero-order valence-electron chi connectivity index (χ0n) is 7.27. The summed E-state index contributed by atoms with van der Waals surface area (Å²) in [5, 5.41) is 8.58. The highest BCUT2D eigenvalue weighted by atomic mass is 16.5. The number of aromatic nitrogens is 2. The van der Waals surface area contributed by atoms with Gasteiger partial charge in [-0.2, -0.15) is 5.26 Å². The smallest absolute Gasteiger partial charge is 0.217 e. The minimum atomic E-state index is 0.578. The molecule has 0 saturated carbocycles. The van der Waals surface area contributed by atoms with Gasteiger partial charge in [0.2, 0.25) is 5.88 Å². The molecule has 0 amide bonds. The van der Waals surface area contributed by atoms with Gasteiger partial charge in [0.1, 0.15) is 5.75 Å². The number of hydrogen-bond acceptors (Lipinski definition) is 3. The predicted octanol–water partition coefficient (Wildman–Crippen LogP) is 2.07. The molecule has 4 nitrogen and oxygen atoms in total. The Morgan fingerprint density at radius 1 is 1.29 bits per heavy atom. The number of nitrogens with one attached hydrogen (secondary N) is 1. The molecule has 2 rings (SSSR count). The summed E-state index contributed by atoms with van der Waals surface area (Å²) in [7, 11) is 0. The fourth-order valence-corrected chi connectivity index (χ4v) is 1.02. The molecule has 0 spiro atoms. The van der Waals surface area contributed by atoms with Crippen LogP contribution in [0.25, 0.3) is 0 Å². The minimum Gasteiger partial charge on any atom is -0.439 e. The van der Waals surface area contributed by atoms with Crippen molar-refractivity contribution in [2.45, 2.75) is 0 Å². The third-order valence-electron chi connectivity index (χ3n) is 1.68. The second kappa shape index (κ2) is 3.62. The molecule has 0 aliphatic heterocycles. The SMILES string of the molecule is N#Cc1ccc(Oc2cnc[nH]2)cc1. The van der Waals surface area contributed by atoms with Crippen LogP contribution in [-0.4, -0.2) is 9.97 Å². The minimum absolute atomic E-state index is 0.578. The van der Waals surface area contributed by atoms with Gasteiger partial charge in [0, 0.05) is 0 Å². The van der Waals surface area contributed by atoms with Crippen LogP contribution in [0, 0.1) is 11.3 Å². The molecule has 4 heteroatoms. The lowest BCUT2D eigenvalue weighted by atomic mass is 10.2. The molecule has 0 unspecified atom stereocenters. The molecule has 1 aromatic carbocycles. The lowest BCUT2D eigenvalue weighted by Gasteiger charge is -2.01. The van der Waals surface area contributed by atoms with E-state index in [1.165, 1.54) is 0 Å². The van der Waals surface area contributed by atoms with Crippen molar-refractivity contribution in [1.29, 1.82) is 5.26 Å². The number of nitriles is 1. The Morgan fingerprint density at radius 3 is 2.64 bits per heavy atom. The molecular weight excluding hydrogens is 178 g/mol. The summed E-state index contributed by atoms with van der Waals surface area (Å²) in [4.78, 5) is 6.64. The molecule has 1 aromatic heterocycles. The Labute approximate surface area is 80.8 Å². The van der Waals surface area contributed by atoms with E-state index in [9.17, 15) is 0 Å². The summed E-state index contributed by atoms with van der Waals surface area (Å²) in [6, 6.07) is 8.91. The van der Waals surface area contributed by atoms with E-state index < -0.39 is 0 Å². The van der Waals surface area contributed by atoms with Crippen molar-refractivity contribution < 1.29 is 4.74 Å². The maximum Gasteiger partial charge on any atom is 0.217 e. The fraction of sp³-hybridized carbons (Fsp3) is 0. The fourth-order valence-electron chi connectivity index (χ4n) is 1.02. The van der Waals surface area contributed by atoms with E-state index in [2.05, 4.69) is 9.97 Å². The number of benzene rings is 1. The Kier molecular flexibility index (Phi) is 2.15. The van der Waals surface area contributed by atoms with Gasteiger partial charge < -0.3 is 9.72 Å². The number of imidazole rings is 1. The summed E-state index contributed by atoms with van der Waals surface area (Å²) >= 11 is 0. The highest BCUT2D eigenvalue weighted by Crippen LogP contribution is 2.18. The van der Waals surface area contributed by atoms with Crippen LogP contribution in [0.2, 0.25) is 0 Å².